The highest BCUT2D eigenvalue weighted by Gasteiger charge is 2.61. The van der Waals surface area contributed by atoms with Crippen molar-refractivity contribution in [2.24, 2.45) is 0 Å². The van der Waals surface area contributed by atoms with Gasteiger partial charge in [-0.3, -0.25) is 9.69 Å². The predicted molar refractivity (Wildman–Crippen MR) is 125 cm³/mol. The van der Waals surface area contributed by atoms with Crippen molar-refractivity contribution in [2.75, 3.05) is 5.75 Å². The molecular formula is C23H24N7O3S+. The molecule has 1 saturated carbocycles. The molecule has 2 aliphatic rings. The van der Waals surface area contributed by atoms with Crippen LogP contribution in [0.4, 0.5) is 0 Å². The van der Waals surface area contributed by atoms with Gasteiger partial charge in [-0.25, -0.2) is 9.36 Å². The van der Waals surface area contributed by atoms with Crippen LogP contribution in [0.15, 0.2) is 54.1 Å². The SMILES string of the molecule is Cc1c(-c2cc[n+](C/C=C/C(CS)=C(\C(=O)O)N3C(=O)CC34CC4)cc2)c[nH]c1-c1nn[nH]n1. The highest BCUT2D eigenvalue weighted by Crippen LogP contribution is 2.54. The van der Waals surface area contributed by atoms with Crippen LogP contribution in [0.3, 0.4) is 0 Å². The van der Waals surface area contributed by atoms with E-state index in [9.17, 15) is 14.7 Å². The van der Waals surface area contributed by atoms with Crippen molar-refractivity contribution in [1.29, 1.82) is 0 Å². The Labute approximate surface area is 200 Å². The molecule has 174 valence electrons. The van der Waals surface area contributed by atoms with Gasteiger partial charge in [0.25, 0.3) is 0 Å². The summed E-state index contributed by atoms with van der Waals surface area (Å²) in [5, 5.41) is 23.9. The van der Waals surface area contributed by atoms with Gasteiger partial charge in [0, 0.05) is 29.6 Å². The molecule has 1 amide bonds. The highest BCUT2D eigenvalue weighted by atomic mass is 32.1. The largest absolute Gasteiger partial charge is 0.477 e. The van der Waals surface area contributed by atoms with Crippen molar-refractivity contribution in [3.8, 4) is 22.6 Å². The summed E-state index contributed by atoms with van der Waals surface area (Å²) >= 11 is 4.33. The van der Waals surface area contributed by atoms with Crippen molar-refractivity contribution in [3.05, 3.63) is 59.7 Å². The summed E-state index contributed by atoms with van der Waals surface area (Å²) in [5.74, 6) is -0.472. The maximum Gasteiger partial charge on any atom is 0.352 e. The van der Waals surface area contributed by atoms with E-state index in [1.165, 1.54) is 4.90 Å². The standard InChI is InChI=1S/C23H23N7O3S/c1-14-17(12-24-19(14)21-25-27-28-26-21)15-4-9-29(10-5-15)8-2-3-16(13-34)20(22(32)33)30-18(31)11-23(30)6-7-23/h2-5,9-10,12H,6-8,11,13H2,1H3,(H3,25,26,27,28,32,33,34)/p+1/b3-2+,20-16-. The molecule has 0 atom stereocenters. The normalized spacial score (nSPS) is 17.2. The number of thiol groups is 1. The number of nitrogens with zero attached hydrogens (tertiary/aromatic N) is 5. The summed E-state index contributed by atoms with van der Waals surface area (Å²) in [5.41, 5.74) is 4.25. The number of carboxylic acid groups (broad SMARTS) is 1. The number of H-pyrrole nitrogens is 2. The summed E-state index contributed by atoms with van der Waals surface area (Å²) in [6, 6.07) is 4.02. The summed E-state index contributed by atoms with van der Waals surface area (Å²) in [6.45, 7) is 2.55. The molecule has 3 N–H and O–H groups in total. The number of carbonyl (C=O) groups excluding carboxylic acids is 1. The molecule has 0 radical (unpaired) electrons. The van der Waals surface area contributed by atoms with E-state index in [4.69, 9.17) is 0 Å². The van der Waals surface area contributed by atoms with E-state index >= 15 is 0 Å². The number of β-lactam (4-membered cyclic amide) rings is 1. The van der Waals surface area contributed by atoms with Crippen LogP contribution in [0, 0.1) is 6.92 Å². The van der Waals surface area contributed by atoms with Gasteiger partial charge < -0.3 is 10.1 Å². The molecule has 11 heteroatoms. The molecule has 1 saturated heterocycles. The first-order chi connectivity index (χ1) is 16.4. The first kappa shape index (κ1) is 22.1. The Hall–Kier alpha value is -3.73. The minimum atomic E-state index is -1.09. The molecule has 34 heavy (non-hydrogen) atoms. The minimum Gasteiger partial charge on any atom is -0.477 e. The van der Waals surface area contributed by atoms with Gasteiger partial charge in [-0.2, -0.15) is 17.8 Å². The lowest BCUT2D eigenvalue weighted by Gasteiger charge is -2.42. The quantitative estimate of drug-likeness (QED) is 0.129. The van der Waals surface area contributed by atoms with Crippen molar-refractivity contribution in [3.63, 3.8) is 0 Å². The predicted octanol–water partition coefficient (Wildman–Crippen LogP) is 2.05. The second-order valence-electron chi connectivity index (χ2n) is 8.59. The lowest BCUT2D eigenvalue weighted by molar-refractivity contribution is -0.686. The molecular weight excluding hydrogens is 454 g/mol. The molecule has 5 rings (SSSR count). The smallest absolute Gasteiger partial charge is 0.352 e. The molecule has 0 aromatic carbocycles. The van der Waals surface area contributed by atoms with Crippen LogP contribution >= 0.6 is 12.6 Å². The fraction of sp³-hybridized carbons (Fsp3) is 0.304. The van der Waals surface area contributed by atoms with Crippen LogP contribution in [0.2, 0.25) is 0 Å². The number of tetrazole rings is 1. The Bertz CT molecular complexity index is 1300. The number of amides is 1. The number of hydrogen-bond acceptors (Lipinski definition) is 6. The number of aromatic amines is 2. The van der Waals surface area contributed by atoms with Crippen LogP contribution in [-0.4, -0.2) is 58.8 Å². The highest BCUT2D eigenvalue weighted by molar-refractivity contribution is 7.80. The van der Waals surface area contributed by atoms with E-state index in [2.05, 4.69) is 38.2 Å². The molecule has 4 heterocycles. The average molecular weight is 479 g/mol. The monoisotopic (exact) mass is 478 g/mol. The van der Waals surface area contributed by atoms with Gasteiger partial charge in [0.05, 0.1) is 17.7 Å². The molecule has 1 aliphatic carbocycles. The number of carboxylic acids is 1. The number of hydrogen-bond donors (Lipinski definition) is 4. The van der Waals surface area contributed by atoms with Gasteiger partial charge >= 0.3 is 5.97 Å². The van der Waals surface area contributed by atoms with E-state index in [0.29, 0.717) is 24.4 Å². The van der Waals surface area contributed by atoms with Gasteiger partial charge in [0.2, 0.25) is 11.7 Å². The lowest BCUT2D eigenvalue weighted by atomic mass is 9.96. The number of allylic oxidation sites excluding steroid dienone is 2. The maximum atomic E-state index is 12.2. The van der Waals surface area contributed by atoms with Crippen LogP contribution in [-0.2, 0) is 16.1 Å². The number of carbonyl (C=O) groups is 2. The molecule has 0 bridgehead atoms. The number of pyridine rings is 1. The number of likely N-dealkylation sites (tertiary alicyclic amines) is 1. The van der Waals surface area contributed by atoms with E-state index in [1.807, 2.05) is 48.3 Å². The summed E-state index contributed by atoms with van der Waals surface area (Å²) in [4.78, 5) is 28.8. The second-order valence-corrected chi connectivity index (χ2v) is 8.91. The van der Waals surface area contributed by atoms with Gasteiger partial charge in [-0.1, -0.05) is 6.08 Å². The Morgan fingerprint density at radius 1 is 1.35 bits per heavy atom. The minimum absolute atomic E-state index is 0.0562. The average Bonchev–Trinajstić information content (AvgIpc) is 3.26. The number of aliphatic carboxylic acids is 1. The lowest BCUT2D eigenvalue weighted by Crippen LogP contribution is -2.55. The second kappa shape index (κ2) is 8.56. The molecule has 1 aliphatic heterocycles. The van der Waals surface area contributed by atoms with Gasteiger partial charge in [0.15, 0.2) is 18.9 Å². The van der Waals surface area contributed by atoms with Gasteiger partial charge in [-0.05, 0) is 47.8 Å². The number of aromatic nitrogens is 6. The van der Waals surface area contributed by atoms with Crippen molar-refractivity contribution >= 4 is 24.5 Å². The molecule has 3 aromatic heterocycles. The van der Waals surface area contributed by atoms with E-state index < -0.39 is 5.97 Å². The third-order valence-corrected chi connectivity index (χ3v) is 6.82. The zero-order valence-corrected chi connectivity index (χ0v) is 19.4. The first-order valence-electron chi connectivity index (χ1n) is 10.9. The zero-order valence-electron chi connectivity index (χ0n) is 18.5. The van der Waals surface area contributed by atoms with Gasteiger partial charge in [0.1, 0.15) is 5.70 Å². The number of nitrogens with one attached hydrogen (secondary N) is 2. The molecule has 0 unspecified atom stereocenters. The Balaban J connectivity index is 1.32. The maximum absolute atomic E-state index is 12.2. The summed E-state index contributed by atoms with van der Waals surface area (Å²) in [7, 11) is 0. The molecule has 10 nitrogen and oxygen atoms in total. The van der Waals surface area contributed by atoms with E-state index in [-0.39, 0.29) is 22.9 Å². The third-order valence-electron chi connectivity index (χ3n) is 6.48. The Morgan fingerprint density at radius 3 is 2.71 bits per heavy atom. The first-order valence-corrected chi connectivity index (χ1v) is 11.5. The molecule has 3 aromatic rings. The van der Waals surface area contributed by atoms with Gasteiger partial charge in [-0.15, -0.1) is 10.2 Å². The Kier molecular flexibility index (Phi) is 5.56. The molecule has 1 spiro atoms. The number of rotatable bonds is 8. The Morgan fingerprint density at radius 2 is 2.12 bits per heavy atom. The van der Waals surface area contributed by atoms with Crippen LogP contribution in [0.5, 0.6) is 0 Å². The van der Waals surface area contributed by atoms with Crippen LogP contribution in [0.1, 0.15) is 24.8 Å². The van der Waals surface area contributed by atoms with Crippen LogP contribution < -0.4 is 4.57 Å². The topological polar surface area (TPSA) is 132 Å². The fourth-order valence-corrected chi connectivity index (χ4v) is 4.73. The zero-order chi connectivity index (χ0) is 23.9. The summed E-state index contributed by atoms with van der Waals surface area (Å²) in [6.07, 6.45) is 11.6. The van der Waals surface area contributed by atoms with Crippen LogP contribution in [0.25, 0.3) is 22.6 Å². The van der Waals surface area contributed by atoms with Crippen molar-refractivity contribution in [2.45, 2.75) is 38.3 Å². The summed E-state index contributed by atoms with van der Waals surface area (Å²) < 4.78 is 1.98. The van der Waals surface area contributed by atoms with E-state index in [1.54, 1.807) is 6.08 Å². The molecule has 2 fully saturated rings. The van der Waals surface area contributed by atoms with E-state index in [0.717, 1.165) is 35.2 Å². The fourth-order valence-electron chi connectivity index (χ4n) is 4.47. The van der Waals surface area contributed by atoms with Crippen molar-refractivity contribution < 1.29 is 19.3 Å². The third kappa shape index (κ3) is 3.81. The van der Waals surface area contributed by atoms with Crippen molar-refractivity contribution in [1.82, 2.24) is 30.5 Å².